The maximum absolute atomic E-state index is 12.2. The molecule has 1 aromatic carbocycles. The second kappa shape index (κ2) is 7.14. The number of amides is 3. The maximum Gasteiger partial charge on any atom is 0.325 e. The Morgan fingerprint density at radius 3 is 2.52 bits per heavy atom. The second-order valence-corrected chi connectivity index (χ2v) is 7.47. The molecule has 3 amide bonds. The summed E-state index contributed by atoms with van der Waals surface area (Å²) >= 11 is 0. The fourth-order valence-corrected chi connectivity index (χ4v) is 3.55. The summed E-state index contributed by atoms with van der Waals surface area (Å²) in [4.78, 5) is 27.8. The highest BCUT2D eigenvalue weighted by Crippen LogP contribution is 2.25. The number of urea groups is 1. The van der Waals surface area contributed by atoms with Crippen LogP contribution in [0.2, 0.25) is 0 Å². The van der Waals surface area contributed by atoms with E-state index in [1.165, 1.54) is 10.5 Å². The third-order valence-electron chi connectivity index (χ3n) is 4.81. The van der Waals surface area contributed by atoms with Gasteiger partial charge in [-0.25, -0.2) is 4.79 Å². The number of carbonyl (C=O) groups is 2. The molecule has 1 aromatic rings. The molecule has 25 heavy (non-hydrogen) atoms. The molecule has 0 radical (unpaired) electrons. The van der Waals surface area contributed by atoms with Crippen LogP contribution in [0.25, 0.3) is 0 Å². The van der Waals surface area contributed by atoms with E-state index in [4.69, 9.17) is 4.74 Å². The van der Waals surface area contributed by atoms with Gasteiger partial charge in [-0.15, -0.1) is 0 Å². The van der Waals surface area contributed by atoms with Crippen molar-refractivity contribution in [3.63, 3.8) is 0 Å². The minimum absolute atomic E-state index is 0.0700. The molecule has 0 spiro atoms. The number of hydrogen-bond acceptors (Lipinski definition) is 4. The monoisotopic (exact) mass is 345 g/mol. The zero-order chi connectivity index (χ0) is 18.0. The molecule has 1 N–H and O–H groups in total. The Labute approximate surface area is 149 Å². The minimum atomic E-state index is -0.789. The van der Waals surface area contributed by atoms with Gasteiger partial charge in [-0.2, -0.15) is 0 Å². The van der Waals surface area contributed by atoms with Crippen LogP contribution in [-0.2, 0) is 9.53 Å². The lowest BCUT2D eigenvalue weighted by Crippen LogP contribution is -2.44. The Morgan fingerprint density at radius 2 is 1.88 bits per heavy atom. The molecule has 2 atom stereocenters. The van der Waals surface area contributed by atoms with E-state index in [-0.39, 0.29) is 24.1 Å². The Hall–Kier alpha value is -1.92. The van der Waals surface area contributed by atoms with Gasteiger partial charge in [-0.1, -0.05) is 30.3 Å². The minimum Gasteiger partial charge on any atom is -0.368 e. The number of benzene rings is 1. The summed E-state index contributed by atoms with van der Waals surface area (Å²) in [6.07, 6.45) is 0.999. The molecule has 0 aromatic heterocycles. The third kappa shape index (κ3) is 4.02. The zero-order valence-electron chi connectivity index (χ0n) is 15.2. The number of carbonyl (C=O) groups excluding carboxylic acids is 2. The number of hydrogen-bond donors (Lipinski definition) is 1. The van der Waals surface area contributed by atoms with Crippen molar-refractivity contribution in [2.24, 2.45) is 0 Å². The van der Waals surface area contributed by atoms with Crippen molar-refractivity contribution in [1.29, 1.82) is 0 Å². The summed E-state index contributed by atoms with van der Waals surface area (Å²) in [7, 11) is 0. The first kappa shape index (κ1) is 17.9. The van der Waals surface area contributed by atoms with Gasteiger partial charge < -0.3 is 10.1 Å². The van der Waals surface area contributed by atoms with Crippen molar-refractivity contribution >= 4 is 11.9 Å². The number of imide groups is 1. The number of nitrogens with one attached hydrogen (secondary N) is 1. The lowest BCUT2D eigenvalue weighted by molar-refractivity contribution is -0.130. The topological polar surface area (TPSA) is 61.9 Å². The molecule has 2 saturated heterocycles. The van der Waals surface area contributed by atoms with Gasteiger partial charge in [0.05, 0.1) is 12.2 Å². The molecule has 2 fully saturated rings. The number of ether oxygens (including phenoxy) is 1. The summed E-state index contributed by atoms with van der Waals surface area (Å²) in [5, 5.41) is 2.72. The molecule has 0 unspecified atom stereocenters. The van der Waals surface area contributed by atoms with Gasteiger partial charge in [0.1, 0.15) is 5.54 Å². The van der Waals surface area contributed by atoms with Gasteiger partial charge in [0.15, 0.2) is 0 Å². The third-order valence-corrected chi connectivity index (χ3v) is 4.81. The quantitative estimate of drug-likeness (QED) is 0.831. The van der Waals surface area contributed by atoms with Crippen LogP contribution >= 0.6 is 0 Å². The van der Waals surface area contributed by atoms with Gasteiger partial charge >= 0.3 is 6.03 Å². The average molecular weight is 345 g/mol. The Balaban J connectivity index is 1.53. The van der Waals surface area contributed by atoms with Crippen molar-refractivity contribution in [3.05, 3.63) is 35.9 Å². The summed E-state index contributed by atoms with van der Waals surface area (Å²) < 4.78 is 6.07. The van der Waals surface area contributed by atoms with E-state index >= 15 is 0 Å². The van der Waals surface area contributed by atoms with Crippen LogP contribution in [0.1, 0.15) is 38.9 Å². The van der Waals surface area contributed by atoms with Gasteiger partial charge in [0, 0.05) is 26.2 Å². The fraction of sp³-hybridized carbons (Fsp3) is 0.579. The van der Waals surface area contributed by atoms with Crippen LogP contribution in [0, 0.1) is 0 Å². The van der Waals surface area contributed by atoms with Crippen LogP contribution in [0.5, 0.6) is 0 Å². The first-order valence-electron chi connectivity index (χ1n) is 8.93. The maximum atomic E-state index is 12.2. The second-order valence-electron chi connectivity index (χ2n) is 7.47. The smallest absolute Gasteiger partial charge is 0.325 e. The summed E-state index contributed by atoms with van der Waals surface area (Å²) in [5.74, 6) is -0.144. The summed E-state index contributed by atoms with van der Waals surface area (Å²) in [6.45, 7) is 8.56. The molecule has 0 aliphatic carbocycles. The van der Waals surface area contributed by atoms with Crippen LogP contribution in [0.4, 0.5) is 4.79 Å². The van der Waals surface area contributed by atoms with Crippen molar-refractivity contribution in [2.45, 2.75) is 44.9 Å². The molecule has 3 rings (SSSR count). The highest BCUT2D eigenvalue weighted by atomic mass is 16.5. The van der Waals surface area contributed by atoms with E-state index < -0.39 is 5.54 Å². The predicted octanol–water partition coefficient (Wildman–Crippen LogP) is 2.17. The molecule has 2 heterocycles. The Kier molecular flexibility index (Phi) is 5.11. The van der Waals surface area contributed by atoms with Crippen LogP contribution < -0.4 is 5.32 Å². The number of morpholine rings is 1. The van der Waals surface area contributed by atoms with Gasteiger partial charge in [0.2, 0.25) is 0 Å². The van der Waals surface area contributed by atoms with Gasteiger partial charge in [0.25, 0.3) is 5.91 Å². The van der Waals surface area contributed by atoms with Gasteiger partial charge in [-0.3, -0.25) is 14.6 Å². The predicted molar refractivity (Wildman–Crippen MR) is 95.1 cm³/mol. The van der Waals surface area contributed by atoms with E-state index in [9.17, 15) is 9.59 Å². The molecule has 0 saturated carbocycles. The molecule has 2 aliphatic heterocycles. The number of rotatable bonds is 5. The van der Waals surface area contributed by atoms with Crippen molar-refractivity contribution in [2.75, 3.05) is 26.2 Å². The van der Waals surface area contributed by atoms with Crippen LogP contribution in [0.15, 0.2) is 30.3 Å². The number of nitrogens with zero attached hydrogens (tertiary/aromatic N) is 2. The highest BCUT2D eigenvalue weighted by Gasteiger charge is 2.43. The molecule has 2 aliphatic rings. The summed E-state index contributed by atoms with van der Waals surface area (Å²) in [6, 6.07) is 9.97. The highest BCUT2D eigenvalue weighted by molar-refractivity contribution is 6.06. The largest absolute Gasteiger partial charge is 0.368 e. The Morgan fingerprint density at radius 1 is 1.16 bits per heavy atom. The van der Waals surface area contributed by atoms with Crippen molar-refractivity contribution in [3.8, 4) is 0 Å². The van der Waals surface area contributed by atoms with Gasteiger partial charge in [-0.05, 0) is 32.8 Å². The lowest BCUT2D eigenvalue weighted by atomic mass is 10.1. The first-order valence-corrected chi connectivity index (χ1v) is 8.93. The van der Waals surface area contributed by atoms with E-state index in [0.717, 1.165) is 26.1 Å². The fourth-order valence-electron chi connectivity index (χ4n) is 3.55. The van der Waals surface area contributed by atoms with E-state index in [1.54, 1.807) is 13.8 Å². The first-order chi connectivity index (χ1) is 11.9. The van der Waals surface area contributed by atoms with E-state index in [0.29, 0.717) is 6.54 Å². The standard InChI is InChI=1S/C19H27N3O3/c1-14-12-21(13-16(25-14)15-8-5-4-6-9-15)10-7-11-22-17(23)19(2,3)20-18(22)24/h4-6,8-9,14,16H,7,10-13H2,1-3H3,(H,20,24)/t14-,16-/m0/s1. The molecular formula is C19H27N3O3. The van der Waals surface area contributed by atoms with Crippen LogP contribution in [-0.4, -0.2) is 59.6 Å². The van der Waals surface area contributed by atoms with Crippen LogP contribution in [0.3, 0.4) is 0 Å². The van der Waals surface area contributed by atoms with E-state index in [1.807, 2.05) is 18.2 Å². The average Bonchev–Trinajstić information content (AvgIpc) is 2.77. The molecule has 6 nitrogen and oxygen atoms in total. The zero-order valence-corrected chi connectivity index (χ0v) is 15.2. The SMILES string of the molecule is C[C@H]1CN(CCCN2C(=O)NC(C)(C)C2=O)C[C@@H](c2ccccc2)O1. The lowest BCUT2D eigenvalue weighted by Gasteiger charge is -2.37. The van der Waals surface area contributed by atoms with E-state index in [2.05, 4.69) is 29.3 Å². The van der Waals surface area contributed by atoms with Crippen molar-refractivity contribution in [1.82, 2.24) is 15.1 Å². The molecule has 136 valence electrons. The summed E-state index contributed by atoms with van der Waals surface area (Å²) in [5.41, 5.74) is 0.401. The normalized spacial score (nSPS) is 26.8. The van der Waals surface area contributed by atoms with Crippen molar-refractivity contribution < 1.29 is 14.3 Å². The Bertz CT molecular complexity index is 632. The molecule has 0 bridgehead atoms. The molecular weight excluding hydrogens is 318 g/mol. The molecule has 6 heteroatoms.